The van der Waals surface area contributed by atoms with Crippen LogP contribution >= 0.6 is 0 Å². The topological polar surface area (TPSA) is 60.0 Å². The maximum atomic E-state index is 10.4. The van der Waals surface area contributed by atoms with Gasteiger partial charge in [0.2, 0.25) is 5.79 Å². The molecular weight excluding hydrogens is 294 g/mol. The molecule has 2 saturated heterocycles. The molecule has 0 amide bonds. The molecule has 3 aliphatic heterocycles. The highest BCUT2D eigenvalue weighted by Gasteiger charge is 2.70. The number of hydrogen-bond donors (Lipinski definition) is 2. The molecule has 5 nitrogen and oxygen atoms in total. The third-order valence-corrected chi connectivity index (χ3v) is 6.90. The van der Waals surface area contributed by atoms with Gasteiger partial charge in [0.1, 0.15) is 0 Å². The van der Waals surface area contributed by atoms with Gasteiger partial charge in [0.15, 0.2) is 17.6 Å². The molecule has 1 aromatic carbocycles. The Morgan fingerprint density at radius 2 is 2.04 bits per heavy atom. The van der Waals surface area contributed by atoms with E-state index in [-0.39, 0.29) is 17.3 Å². The van der Waals surface area contributed by atoms with E-state index in [9.17, 15) is 5.11 Å². The predicted octanol–water partition coefficient (Wildman–Crippen LogP) is 1.46. The molecule has 5 aliphatic rings. The zero-order chi connectivity index (χ0) is 15.2. The Hall–Kier alpha value is -1.30. The molecule has 2 spiro atoms. The van der Waals surface area contributed by atoms with Crippen molar-refractivity contribution >= 4 is 0 Å². The first-order chi connectivity index (χ1) is 11.2. The first kappa shape index (κ1) is 13.0. The SMILES string of the molecule is Oc1ccc2c3c1O[C@H]1C4(CC[C@H]5[C@@H](C2)NCC[C@@]351)OCCO4. The summed E-state index contributed by atoms with van der Waals surface area (Å²) in [6.45, 7) is 2.26. The minimum absolute atomic E-state index is 0.0693. The molecule has 3 fully saturated rings. The maximum absolute atomic E-state index is 10.4. The van der Waals surface area contributed by atoms with Crippen LogP contribution in [0, 0.1) is 5.92 Å². The van der Waals surface area contributed by atoms with E-state index in [0.717, 1.165) is 32.2 Å². The van der Waals surface area contributed by atoms with Gasteiger partial charge < -0.3 is 24.6 Å². The van der Waals surface area contributed by atoms with Crippen molar-refractivity contribution in [2.75, 3.05) is 19.8 Å². The van der Waals surface area contributed by atoms with E-state index < -0.39 is 5.79 Å². The second kappa shape index (κ2) is 4.02. The number of phenols is 1. The normalized spacial score (nSPS) is 41.7. The molecule has 122 valence electrons. The van der Waals surface area contributed by atoms with Crippen LogP contribution in [0.15, 0.2) is 12.1 Å². The summed E-state index contributed by atoms with van der Waals surface area (Å²) >= 11 is 0. The fourth-order valence-corrected chi connectivity index (χ4v) is 6.20. The molecule has 2 bridgehead atoms. The molecule has 3 heterocycles. The summed E-state index contributed by atoms with van der Waals surface area (Å²) in [5.41, 5.74) is 2.51. The lowest BCUT2D eigenvalue weighted by Gasteiger charge is -2.58. The maximum Gasteiger partial charge on any atom is 0.206 e. The fraction of sp³-hybridized carbons (Fsp3) is 0.667. The molecule has 0 unspecified atom stereocenters. The molecule has 1 saturated carbocycles. The number of piperidine rings is 1. The Labute approximate surface area is 134 Å². The minimum atomic E-state index is -0.627. The molecule has 0 radical (unpaired) electrons. The molecule has 5 heteroatoms. The highest BCUT2D eigenvalue weighted by Crippen LogP contribution is 2.65. The van der Waals surface area contributed by atoms with Gasteiger partial charge in [-0.25, -0.2) is 0 Å². The van der Waals surface area contributed by atoms with E-state index in [0.29, 0.717) is 30.9 Å². The van der Waals surface area contributed by atoms with Crippen molar-refractivity contribution in [3.63, 3.8) is 0 Å². The summed E-state index contributed by atoms with van der Waals surface area (Å²) in [6.07, 6.45) is 3.89. The molecule has 2 aliphatic carbocycles. The van der Waals surface area contributed by atoms with Gasteiger partial charge >= 0.3 is 0 Å². The number of ether oxygens (including phenoxy) is 3. The van der Waals surface area contributed by atoms with Gasteiger partial charge in [-0.05, 0) is 43.4 Å². The van der Waals surface area contributed by atoms with Crippen LogP contribution in [0.4, 0.5) is 0 Å². The number of aromatic hydroxyl groups is 1. The molecule has 2 N–H and O–H groups in total. The van der Waals surface area contributed by atoms with Crippen LogP contribution < -0.4 is 10.1 Å². The summed E-state index contributed by atoms with van der Waals surface area (Å²) in [4.78, 5) is 0. The summed E-state index contributed by atoms with van der Waals surface area (Å²) in [5, 5.41) is 14.1. The summed E-state index contributed by atoms with van der Waals surface area (Å²) in [6, 6.07) is 4.35. The number of hydrogen-bond acceptors (Lipinski definition) is 5. The lowest BCUT2D eigenvalue weighted by molar-refractivity contribution is -0.256. The van der Waals surface area contributed by atoms with Crippen LogP contribution in [0.1, 0.15) is 30.4 Å². The predicted molar refractivity (Wildman–Crippen MR) is 81.7 cm³/mol. The van der Waals surface area contributed by atoms with Crippen molar-refractivity contribution in [1.29, 1.82) is 0 Å². The second-order valence-electron chi connectivity index (χ2n) is 7.65. The average Bonchev–Trinajstić information content (AvgIpc) is 3.14. The van der Waals surface area contributed by atoms with Crippen LogP contribution in [0.3, 0.4) is 0 Å². The third-order valence-electron chi connectivity index (χ3n) is 6.90. The molecule has 0 aromatic heterocycles. The number of phenolic OH excluding ortho intramolecular Hbond substituents is 1. The molecule has 23 heavy (non-hydrogen) atoms. The van der Waals surface area contributed by atoms with E-state index in [1.54, 1.807) is 6.07 Å². The average molecular weight is 315 g/mol. The first-order valence-corrected chi connectivity index (χ1v) is 8.78. The van der Waals surface area contributed by atoms with Gasteiger partial charge in [-0.15, -0.1) is 0 Å². The van der Waals surface area contributed by atoms with Crippen LogP contribution in [0.5, 0.6) is 11.5 Å². The van der Waals surface area contributed by atoms with Crippen LogP contribution in [0.25, 0.3) is 0 Å². The lowest BCUT2D eigenvalue weighted by Crippen LogP contribution is -2.69. The second-order valence-corrected chi connectivity index (χ2v) is 7.65. The van der Waals surface area contributed by atoms with E-state index in [4.69, 9.17) is 14.2 Å². The van der Waals surface area contributed by atoms with Gasteiger partial charge in [-0.1, -0.05) is 6.07 Å². The monoisotopic (exact) mass is 315 g/mol. The van der Waals surface area contributed by atoms with E-state index >= 15 is 0 Å². The highest BCUT2D eigenvalue weighted by molar-refractivity contribution is 5.61. The number of rotatable bonds is 0. The van der Waals surface area contributed by atoms with Gasteiger partial charge in [0.25, 0.3) is 0 Å². The summed E-state index contributed by atoms with van der Waals surface area (Å²) < 4.78 is 18.7. The minimum Gasteiger partial charge on any atom is -0.504 e. The van der Waals surface area contributed by atoms with Crippen molar-refractivity contribution in [2.24, 2.45) is 5.92 Å². The van der Waals surface area contributed by atoms with Crippen molar-refractivity contribution in [3.8, 4) is 11.5 Å². The van der Waals surface area contributed by atoms with E-state index in [2.05, 4.69) is 11.4 Å². The van der Waals surface area contributed by atoms with Gasteiger partial charge in [-0.2, -0.15) is 0 Å². The Kier molecular flexibility index (Phi) is 2.28. The molecular formula is C18H21NO4. The molecule has 1 aromatic rings. The summed E-state index contributed by atoms with van der Waals surface area (Å²) in [7, 11) is 0. The first-order valence-electron chi connectivity index (χ1n) is 8.78. The van der Waals surface area contributed by atoms with E-state index in [1.807, 2.05) is 0 Å². The number of fused-ring (bicyclic) bond motifs is 1. The Balaban J connectivity index is 1.64. The Morgan fingerprint density at radius 3 is 2.91 bits per heavy atom. The Morgan fingerprint density at radius 1 is 1.17 bits per heavy atom. The standard InChI is InChI=1S/C18H21NO4/c20-13-2-1-10-9-12-11-3-4-18(21-7-8-22-18)16-17(11,5-6-19-12)14(10)15(13)23-16/h1-2,11-12,16,19-20H,3-9H2/t11-,12+,16+,17-/m0/s1. The van der Waals surface area contributed by atoms with Gasteiger partial charge in [-0.3, -0.25) is 0 Å². The van der Waals surface area contributed by atoms with Crippen LogP contribution in [-0.2, 0) is 21.3 Å². The third kappa shape index (κ3) is 1.33. The van der Waals surface area contributed by atoms with Crippen molar-refractivity contribution in [3.05, 3.63) is 23.3 Å². The van der Waals surface area contributed by atoms with Crippen LogP contribution in [-0.4, -0.2) is 42.8 Å². The van der Waals surface area contributed by atoms with Gasteiger partial charge in [0, 0.05) is 23.4 Å². The lowest BCUT2D eigenvalue weighted by atomic mass is 9.51. The van der Waals surface area contributed by atoms with E-state index in [1.165, 1.54) is 11.1 Å². The van der Waals surface area contributed by atoms with Crippen molar-refractivity contribution < 1.29 is 19.3 Å². The fourth-order valence-electron chi connectivity index (χ4n) is 6.20. The van der Waals surface area contributed by atoms with Crippen molar-refractivity contribution in [1.82, 2.24) is 5.32 Å². The zero-order valence-electron chi connectivity index (χ0n) is 13.0. The van der Waals surface area contributed by atoms with Crippen molar-refractivity contribution in [2.45, 2.75) is 49.0 Å². The van der Waals surface area contributed by atoms with Crippen LogP contribution in [0.2, 0.25) is 0 Å². The molecule has 4 atom stereocenters. The quantitative estimate of drug-likeness (QED) is 0.759. The number of benzene rings is 1. The number of nitrogens with one attached hydrogen (secondary N) is 1. The largest absolute Gasteiger partial charge is 0.504 e. The molecule has 6 rings (SSSR count). The Bertz CT molecular complexity index is 699. The van der Waals surface area contributed by atoms with Gasteiger partial charge in [0.05, 0.1) is 13.2 Å². The summed E-state index contributed by atoms with van der Waals surface area (Å²) in [5.74, 6) is 0.864. The smallest absolute Gasteiger partial charge is 0.206 e. The highest BCUT2D eigenvalue weighted by atomic mass is 16.8. The zero-order valence-corrected chi connectivity index (χ0v) is 13.0.